The first-order valence-corrected chi connectivity index (χ1v) is 7.05. The van der Waals surface area contributed by atoms with E-state index in [0.29, 0.717) is 0 Å². The van der Waals surface area contributed by atoms with E-state index < -0.39 is 5.92 Å². The van der Waals surface area contributed by atoms with Gasteiger partial charge in [-0.25, -0.2) is 0 Å². The maximum atomic E-state index is 12.4. The number of amides is 2. The molecule has 1 rings (SSSR count). The molecule has 0 spiro atoms. The average Bonchev–Trinajstić information content (AvgIpc) is 2.38. The van der Waals surface area contributed by atoms with Crippen LogP contribution in [0.2, 0.25) is 0 Å². The smallest absolute Gasteiger partial charge is 0.240 e. The highest BCUT2D eigenvalue weighted by atomic mass is 16.2. The van der Waals surface area contributed by atoms with Crippen LogP contribution in [0.25, 0.3) is 0 Å². The van der Waals surface area contributed by atoms with Gasteiger partial charge in [0.05, 0.1) is 12.5 Å². The van der Waals surface area contributed by atoms with Crippen molar-refractivity contribution in [3.05, 3.63) is 35.9 Å². The first kappa shape index (κ1) is 17.2. The van der Waals surface area contributed by atoms with Crippen LogP contribution in [0.4, 0.5) is 0 Å². The minimum Gasteiger partial charge on any atom is -0.350 e. The van der Waals surface area contributed by atoms with E-state index in [4.69, 9.17) is 5.73 Å². The molecule has 3 N–H and O–H groups in total. The average molecular weight is 291 g/mol. The van der Waals surface area contributed by atoms with E-state index in [1.54, 1.807) is 7.05 Å². The van der Waals surface area contributed by atoms with Crippen LogP contribution in [-0.2, 0) is 9.59 Å². The summed E-state index contributed by atoms with van der Waals surface area (Å²) in [5.74, 6) is -0.742. The molecule has 116 valence electrons. The van der Waals surface area contributed by atoms with Gasteiger partial charge in [0.25, 0.3) is 0 Å². The molecule has 0 fully saturated rings. The van der Waals surface area contributed by atoms with Crippen LogP contribution in [0.5, 0.6) is 0 Å². The third-order valence-electron chi connectivity index (χ3n) is 3.01. The molecule has 0 aromatic heterocycles. The lowest BCUT2D eigenvalue weighted by atomic mass is 9.98. The molecule has 5 heteroatoms. The van der Waals surface area contributed by atoms with Crippen molar-refractivity contribution in [1.29, 1.82) is 0 Å². The van der Waals surface area contributed by atoms with Crippen LogP contribution in [0.15, 0.2) is 30.3 Å². The molecular formula is C16H25N3O2. The van der Waals surface area contributed by atoms with E-state index in [9.17, 15) is 9.59 Å². The van der Waals surface area contributed by atoms with Gasteiger partial charge in [0.2, 0.25) is 11.8 Å². The highest BCUT2D eigenvalue weighted by Gasteiger charge is 2.24. The standard InChI is InChI=1S/C16H25N3O2/c1-16(2,3)18-14(20)11-19(4)15(21)13(10-17)12-8-6-5-7-9-12/h5-9,13H,10-11,17H2,1-4H3,(H,18,20). The maximum absolute atomic E-state index is 12.4. The first-order chi connectivity index (χ1) is 9.74. The Bertz CT molecular complexity index is 480. The zero-order chi connectivity index (χ0) is 16.0. The normalized spacial score (nSPS) is 12.6. The number of hydrogen-bond donors (Lipinski definition) is 2. The van der Waals surface area contributed by atoms with Gasteiger partial charge in [-0.2, -0.15) is 0 Å². The molecule has 1 unspecified atom stereocenters. The maximum Gasteiger partial charge on any atom is 0.240 e. The number of carbonyl (C=O) groups is 2. The van der Waals surface area contributed by atoms with Gasteiger partial charge in [-0.05, 0) is 26.3 Å². The molecule has 0 saturated carbocycles. The summed E-state index contributed by atoms with van der Waals surface area (Å²) < 4.78 is 0. The minimum absolute atomic E-state index is 0.0272. The molecule has 5 nitrogen and oxygen atoms in total. The monoisotopic (exact) mass is 291 g/mol. The van der Waals surface area contributed by atoms with E-state index in [-0.39, 0.29) is 30.4 Å². The molecule has 1 aromatic rings. The van der Waals surface area contributed by atoms with Crippen LogP contribution < -0.4 is 11.1 Å². The fraction of sp³-hybridized carbons (Fsp3) is 0.500. The van der Waals surface area contributed by atoms with Crippen molar-refractivity contribution in [1.82, 2.24) is 10.2 Å². The fourth-order valence-electron chi connectivity index (χ4n) is 2.08. The topological polar surface area (TPSA) is 75.4 Å². The Labute approximate surface area is 126 Å². The van der Waals surface area contributed by atoms with Crippen LogP contribution in [0, 0.1) is 0 Å². The second-order valence-corrected chi connectivity index (χ2v) is 6.19. The second kappa shape index (κ2) is 7.22. The van der Waals surface area contributed by atoms with Crippen LogP contribution >= 0.6 is 0 Å². The molecule has 2 amide bonds. The lowest BCUT2D eigenvalue weighted by molar-refractivity contribution is -0.136. The molecule has 0 aliphatic rings. The van der Waals surface area contributed by atoms with Gasteiger partial charge in [0.15, 0.2) is 0 Å². The number of nitrogens with one attached hydrogen (secondary N) is 1. The third-order valence-corrected chi connectivity index (χ3v) is 3.01. The fourth-order valence-corrected chi connectivity index (χ4v) is 2.08. The molecule has 0 radical (unpaired) electrons. The molecule has 0 aliphatic heterocycles. The Kier molecular flexibility index (Phi) is 5.90. The quantitative estimate of drug-likeness (QED) is 0.853. The summed E-state index contributed by atoms with van der Waals surface area (Å²) in [4.78, 5) is 25.7. The number of nitrogens with two attached hydrogens (primary N) is 1. The third kappa shape index (κ3) is 5.55. The van der Waals surface area contributed by atoms with Crippen LogP contribution in [0.1, 0.15) is 32.3 Å². The number of nitrogens with zero attached hydrogens (tertiary/aromatic N) is 1. The van der Waals surface area contributed by atoms with E-state index in [2.05, 4.69) is 5.32 Å². The minimum atomic E-state index is -0.418. The van der Waals surface area contributed by atoms with E-state index >= 15 is 0 Å². The summed E-state index contributed by atoms with van der Waals surface area (Å²) in [7, 11) is 1.62. The Morgan fingerprint density at radius 2 is 1.81 bits per heavy atom. The molecule has 0 aliphatic carbocycles. The van der Waals surface area contributed by atoms with Crippen molar-refractivity contribution in [3.63, 3.8) is 0 Å². The largest absolute Gasteiger partial charge is 0.350 e. The summed E-state index contributed by atoms with van der Waals surface area (Å²) in [5.41, 5.74) is 6.28. The molecule has 0 heterocycles. The zero-order valence-corrected chi connectivity index (χ0v) is 13.2. The van der Waals surface area contributed by atoms with Crippen molar-refractivity contribution >= 4 is 11.8 Å². The van der Waals surface area contributed by atoms with E-state index in [1.165, 1.54) is 4.90 Å². The highest BCUT2D eigenvalue weighted by molar-refractivity contribution is 5.88. The van der Waals surface area contributed by atoms with E-state index in [1.807, 2.05) is 51.1 Å². The predicted molar refractivity (Wildman–Crippen MR) is 83.8 cm³/mol. The molecule has 0 bridgehead atoms. The number of likely N-dealkylation sites (N-methyl/N-ethyl adjacent to an activating group) is 1. The Hall–Kier alpha value is -1.88. The molecule has 0 saturated heterocycles. The molecule has 1 aromatic carbocycles. The van der Waals surface area contributed by atoms with Crippen molar-refractivity contribution in [2.24, 2.45) is 5.73 Å². The number of carbonyl (C=O) groups excluding carboxylic acids is 2. The molecule has 21 heavy (non-hydrogen) atoms. The lowest BCUT2D eigenvalue weighted by Gasteiger charge is -2.25. The van der Waals surface area contributed by atoms with Crippen molar-refractivity contribution in [2.45, 2.75) is 32.2 Å². The lowest BCUT2D eigenvalue weighted by Crippen LogP contribution is -2.47. The van der Waals surface area contributed by atoms with Crippen LogP contribution in [0.3, 0.4) is 0 Å². The summed E-state index contributed by atoms with van der Waals surface area (Å²) >= 11 is 0. The summed E-state index contributed by atoms with van der Waals surface area (Å²) in [6.07, 6.45) is 0. The summed E-state index contributed by atoms with van der Waals surface area (Å²) in [6, 6.07) is 9.38. The molecule has 1 atom stereocenters. The van der Waals surface area contributed by atoms with E-state index in [0.717, 1.165) is 5.56 Å². The van der Waals surface area contributed by atoms with Gasteiger partial charge in [-0.15, -0.1) is 0 Å². The zero-order valence-electron chi connectivity index (χ0n) is 13.2. The van der Waals surface area contributed by atoms with Gasteiger partial charge < -0.3 is 16.0 Å². The first-order valence-electron chi connectivity index (χ1n) is 7.05. The Morgan fingerprint density at radius 1 is 1.24 bits per heavy atom. The summed E-state index contributed by atoms with van der Waals surface area (Å²) in [6.45, 7) is 5.95. The Morgan fingerprint density at radius 3 is 2.29 bits per heavy atom. The van der Waals surface area contributed by atoms with Crippen molar-refractivity contribution in [3.8, 4) is 0 Å². The predicted octanol–water partition coefficient (Wildman–Crippen LogP) is 1.10. The van der Waals surface area contributed by atoms with Gasteiger partial charge in [0.1, 0.15) is 0 Å². The second-order valence-electron chi connectivity index (χ2n) is 6.19. The van der Waals surface area contributed by atoms with Gasteiger partial charge in [-0.3, -0.25) is 9.59 Å². The number of benzene rings is 1. The van der Waals surface area contributed by atoms with Crippen molar-refractivity contribution in [2.75, 3.05) is 20.1 Å². The highest BCUT2D eigenvalue weighted by Crippen LogP contribution is 2.16. The van der Waals surface area contributed by atoms with Gasteiger partial charge >= 0.3 is 0 Å². The van der Waals surface area contributed by atoms with Crippen LogP contribution in [-0.4, -0.2) is 42.4 Å². The number of rotatable bonds is 5. The van der Waals surface area contributed by atoms with Gasteiger partial charge in [-0.1, -0.05) is 30.3 Å². The molecular weight excluding hydrogens is 266 g/mol. The van der Waals surface area contributed by atoms with Gasteiger partial charge in [0, 0.05) is 19.1 Å². The SMILES string of the molecule is CN(CC(=O)NC(C)(C)C)C(=O)C(CN)c1ccccc1. The number of hydrogen-bond acceptors (Lipinski definition) is 3. The summed E-state index contributed by atoms with van der Waals surface area (Å²) in [5, 5.41) is 2.84. The Balaban J connectivity index is 2.70. The van der Waals surface area contributed by atoms with Crippen molar-refractivity contribution < 1.29 is 9.59 Å².